The van der Waals surface area contributed by atoms with Gasteiger partial charge in [-0.25, -0.2) is 19.9 Å². The number of rotatable bonds is 4. The Hall–Kier alpha value is -6.96. The molecule has 7 aromatic carbocycles. The predicted molar refractivity (Wildman–Crippen MR) is 217 cm³/mol. The molecule has 6 nitrogen and oxygen atoms in total. The molecular formula is C46H28N6S. The maximum Gasteiger partial charge on any atom is 0.220 e. The fraction of sp³-hybridized carbons (Fsp3) is 0. The first-order valence-corrected chi connectivity index (χ1v) is 18.4. The van der Waals surface area contributed by atoms with Crippen LogP contribution in [0.5, 0.6) is 0 Å². The minimum atomic E-state index is 0.642. The van der Waals surface area contributed by atoms with Gasteiger partial charge in [0.1, 0.15) is 0 Å². The van der Waals surface area contributed by atoms with E-state index in [0.717, 1.165) is 61.7 Å². The lowest BCUT2D eigenvalue weighted by Crippen LogP contribution is -2.14. The lowest BCUT2D eigenvalue weighted by molar-refractivity contribution is 1.05. The molecular weight excluding hydrogens is 669 g/mol. The van der Waals surface area contributed by atoms with E-state index in [1.54, 1.807) is 11.3 Å². The van der Waals surface area contributed by atoms with Crippen LogP contribution in [0.2, 0.25) is 0 Å². The Morgan fingerprint density at radius 1 is 0.415 bits per heavy atom. The van der Waals surface area contributed by atoms with Gasteiger partial charge in [-0.1, -0.05) is 109 Å². The summed E-state index contributed by atoms with van der Waals surface area (Å²) in [5.74, 6) is 2.80. The SMILES string of the molecule is c1ccc(-c2nc(-c3ccccc3)nc(-c3ccc4sc5ccc(N6c7ccccc7-c7ccccc7-n7c6nc6ccccc67)cc5c4c3)n2)cc1. The van der Waals surface area contributed by atoms with E-state index in [9.17, 15) is 0 Å². The van der Waals surface area contributed by atoms with Crippen LogP contribution in [0, 0.1) is 0 Å². The van der Waals surface area contributed by atoms with Crippen LogP contribution in [0.15, 0.2) is 170 Å². The van der Waals surface area contributed by atoms with E-state index in [-0.39, 0.29) is 0 Å². The molecule has 10 aromatic rings. The number of hydrogen-bond acceptors (Lipinski definition) is 6. The maximum absolute atomic E-state index is 5.29. The van der Waals surface area contributed by atoms with Gasteiger partial charge in [-0.2, -0.15) is 0 Å². The first kappa shape index (κ1) is 29.7. The molecule has 0 unspecified atom stereocenters. The zero-order valence-corrected chi connectivity index (χ0v) is 29.1. The fourth-order valence-electron chi connectivity index (χ4n) is 7.54. The van der Waals surface area contributed by atoms with Gasteiger partial charge < -0.3 is 0 Å². The lowest BCUT2D eigenvalue weighted by Gasteiger charge is -2.24. The summed E-state index contributed by atoms with van der Waals surface area (Å²) in [7, 11) is 0. The molecule has 0 radical (unpaired) electrons. The van der Waals surface area contributed by atoms with Crippen molar-refractivity contribution in [2.24, 2.45) is 0 Å². The first-order chi connectivity index (χ1) is 26.3. The van der Waals surface area contributed by atoms with Crippen molar-refractivity contribution in [2.75, 3.05) is 4.90 Å². The molecule has 0 saturated carbocycles. The van der Waals surface area contributed by atoms with Gasteiger partial charge in [0.05, 0.1) is 22.4 Å². The summed E-state index contributed by atoms with van der Waals surface area (Å²) in [5, 5.41) is 2.33. The quantitative estimate of drug-likeness (QED) is 0.183. The Morgan fingerprint density at radius 3 is 1.68 bits per heavy atom. The Morgan fingerprint density at radius 2 is 0.962 bits per heavy atom. The average molecular weight is 697 g/mol. The number of aromatic nitrogens is 5. The van der Waals surface area contributed by atoms with Gasteiger partial charge in [0.2, 0.25) is 5.95 Å². The van der Waals surface area contributed by atoms with Crippen LogP contribution in [-0.2, 0) is 0 Å². The highest BCUT2D eigenvalue weighted by Gasteiger charge is 2.29. The largest absolute Gasteiger partial charge is 0.280 e. The average Bonchev–Trinajstić information content (AvgIpc) is 3.76. The zero-order valence-electron chi connectivity index (χ0n) is 28.3. The van der Waals surface area contributed by atoms with E-state index in [0.29, 0.717) is 17.5 Å². The third kappa shape index (κ3) is 4.79. The smallest absolute Gasteiger partial charge is 0.220 e. The van der Waals surface area contributed by atoms with Crippen molar-refractivity contribution in [3.05, 3.63) is 170 Å². The summed E-state index contributed by atoms with van der Waals surface area (Å²) in [4.78, 5) is 22.6. The summed E-state index contributed by atoms with van der Waals surface area (Å²) in [6, 6.07) is 59.2. The Bertz CT molecular complexity index is 2960. The van der Waals surface area contributed by atoms with Crippen LogP contribution in [0.3, 0.4) is 0 Å². The molecule has 0 fully saturated rings. The van der Waals surface area contributed by atoms with Crippen molar-refractivity contribution in [2.45, 2.75) is 0 Å². The molecule has 53 heavy (non-hydrogen) atoms. The second-order valence-electron chi connectivity index (χ2n) is 13.1. The normalized spacial score (nSPS) is 12.1. The number of hydrogen-bond donors (Lipinski definition) is 0. The van der Waals surface area contributed by atoms with Crippen LogP contribution in [0.25, 0.3) is 82.2 Å². The second kappa shape index (κ2) is 11.8. The number of nitrogens with zero attached hydrogens (tertiary/aromatic N) is 6. The molecule has 0 N–H and O–H groups in total. The van der Waals surface area contributed by atoms with E-state index in [2.05, 4.69) is 119 Å². The molecule has 0 atom stereocenters. The van der Waals surface area contributed by atoms with Crippen molar-refractivity contribution >= 4 is 59.9 Å². The topological polar surface area (TPSA) is 59.7 Å². The molecule has 1 aliphatic heterocycles. The van der Waals surface area contributed by atoms with E-state index in [1.165, 1.54) is 20.3 Å². The minimum Gasteiger partial charge on any atom is -0.280 e. The van der Waals surface area contributed by atoms with E-state index < -0.39 is 0 Å². The minimum absolute atomic E-state index is 0.642. The summed E-state index contributed by atoms with van der Waals surface area (Å²) < 4.78 is 4.72. The first-order valence-electron chi connectivity index (χ1n) is 17.6. The van der Waals surface area contributed by atoms with Crippen molar-refractivity contribution in [1.82, 2.24) is 24.5 Å². The Labute approximate surface area is 309 Å². The van der Waals surface area contributed by atoms with Gasteiger partial charge in [0.25, 0.3) is 0 Å². The van der Waals surface area contributed by atoms with E-state index in [1.807, 2.05) is 60.7 Å². The standard InChI is InChI=1S/C46H28N6S/c1-3-13-29(14-4-1)43-48-44(30-15-5-2-6-16-30)50-45(49-43)31-23-25-41-35(27-31)36-28-32(24-26-42(36)53-41)51-38-20-10-7-17-33(38)34-18-8-11-21-39(34)52-40-22-12-9-19-37(40)47-46(51)52/h1-28H. The molecule has 0 saturated heterocycles. The third-order valence-electron chi connectivity index (χ3n) is 9.99. The van der Waals surface area contributed by atoms with Gasteiger partial charge in [-0.3, -0.25) is 9.47 Å². The lowest BCUT2D eigenvalue weighted by atomic mass is 10.0. The third-order valence-corrected chi connectivity index (χ3v) is 11.1. The summed E-state index contributed by atoms with van der Waals surface area (Å²) in [6.45, 7) is 0. The van der Waals surface area contributed by atoms with Crippen LogP contribution < -0.4 is 4.90 Å². The number of benzene rings is 7. The number of para-hydroxylation sites is 4. The molecule has 0 bridgehead atoms. The van der Waals surface area contributed by atoms with Crippen LogP contribution in [-0.4, -0.2) is 24.5 Å². The van der Waals surface area contributed by atoms with Gasteiger partial charge in [-0.15, -0.1) is 11.3 Å². The van der Waals surface area contributed by atoms with E-state index >= 15 is 0 Å². The van der Waals surface area contributed by atoms with Crippen LogP contribution >= 0.6 is 11.3 Å². The summed E-state index contributed by atoms with van der Waals surface area (Å²) >= 11 is 1.80. The number of thiophene rings is 1. The van der Waals surface area contributed by atoms with Gasteiger partial charge in [0.15, 0.2) is 17.5 Å². The van der Waals surface area contributed by atoms with Gasteiger partial charge in [-0.05, 0) is 60.7 Å². The fourth-order valence-corrected chi connectivity index (χ4v) is 8.60. The predicted octanol–water partition coefficient (Wildman–Crippen LogP) is 12.0. The van der Waals surface area contributed by atoms with Crippen molar-refractivity contribution in [3.63, 3.8) is 0 Å². The highest BCUT2D eigenvalue weighted by molar-refractivity contribution is 7.25. The molecule has 0 amide bonds. The molecule has 11 rings (SSSR count). The van der Waals surface area contributed by atoms with Crippen molar-refractivity contribution in [3.8, 4) is 51.0 Å². The van der Waals surface area contributed by atoms with Crippen molar-refractivity contribution < 1.29 is 0 Å². The zero-order chi connectivity index (χ0) is 34.9. The Balaban J connectivity index is 1.12. The van der Waals surface area contributed by atoms with E-state index in [4.69, 9.17) is 19.9 Å². The van der Waals surface area contributed by atoms with Gasteiger partial charge in [0, 0.05) is 53.7 Å². The van der Waals surface area contributed by atoms with Crippen LogP contribution in [0.4, 0.5) is 17.3 Å². The monoisotopic (exact) mass is 696 g/mol. The van der Waals surface area contributed by atoms with Gasteiger partial charge >= 0.3 is 0 Å². The Kier molecular flexibility index (Phi) is 6.62. The molecule has 7 heteroatoms. The van der Waals surface area contributed by atoms with Crippen molar-refractivity contribution in [1.29, 1.82) is 0 Å². The molecule has 4 heterocycles. The number of imidazole rings is 1. The molecule has 3 aromatic heterocycles. The highest BCUT2D eigenvalue weighted by atomic mass is 32.1. The number of fused-ring (bicyclic) bond motifs is 10. The molecule has 1 aliphatic rings. The number of anilines is 3. The molecule has 0 spiro atoms. The highest BCUT2D eigenvalue weighted by Crippen LogP contribution is 2.48. The van der Waals surface area contributed by atoms with Crippen LogP contribution in [0.1, 0.15) is 0 Å². The second-order valence-corrected chi connectivity index (χ2v) is 14.2. The molecule has 248 valence electrons. The molecule has 0 aliphatic carbocycles. The summed E-state index contributed by atoms with van der Waals surface area (Å²) in [6.07, 6.45) is 0. The maximum atomic E-state index is 5.29. The summed E-state index contributed by atoms with van der Waals surface area (Å²) in [5.41, 5.74) is 10.4.